The molecule has 126 valence electrons. The summed E-state index contributed by atoms with van der Waals surface area (Å²) in [7, 11) is 1.83. The number of rotatable bonds is 4. The number of hydrogen-bond donors (Lipinski definition) is 2. The fourth-order valence-electron chi connectivity index (χ4n) is 2.71. The lowest BCUT2D eigenvalue weighted by atomic mass is 10.1. The van der Waals surface area contributed by atoms with Crippen LogP contribution in [0.3, 0.4) is 0 Å². The van der Waals surface area contributed by atoms with Gasteiger partial charge in [0.05, 0.1) is 5.56 Å². The van der Waals surface area contributed by atoms with Crippen molar-refractivity contribution in [1.29, 1.82) is 0 Å². The summed E-state index contributed by atoms with van der Waals surface area (Å²) in [4.78, 5) is 36.0. The van der Waals surface area contributed by atoms with Gasteiger partial charge in [0.2, 0.25) is 5.91 Å². The average Bonchev–Trinajstić information content (AvgIpc) is 2.91. The third-order valence-electron chi connectivity index (χ3n) is 3.79. The molecule has 0 aliphatic heterocycles. The van der Waals surface area contributed by atoms with E-state index in [-0.39, 0.29) is 5.91 Å². The molecule has 25 heavy (non-hydrogen) atoms. The Kier molecular flexibility index (Phi) is 4.35. The van der Waals surface area contributed by atoms with Gasteiger partial charge < -0.3 is 15.2 Å². The van der Waals surface area contributed by atoms with Crippen molar-refractivity contribution in [2.75, 3.05) is 10.6 Å². The van der Waals surface area contributed by atoms with E-state index in [1.54, 1.807) is 30.5 Å². The molecule has 2 amide bonds. The van der Waals surface area contributed by atoms with Crippen LogP contribution >= 0.6 is 0 Å². The standard InChI is InChI=1S/C19H17N3O3/c1-12(23)20-13-6-5-7-14(10-13)21-19(25)18(24)16-11-22(2)17-9-4-3-8-15(16)17/h3-11H,1-2H3,(H,20,23)(H,21,25). The number of nitrogens with zero attached hydrogens (tertiary/aromatic N) is 1. The first-order valence-electron chi connectivity index (χ1n) is 7.73. The predicted octanol–water partition coefficient (Wildman–Crippen LogP) is 2.96. The van der Waals surface area contributed by atoms with Gasteiger partial charge in [0.15, 0.2) is 0 Å². The van der Waals surface area contributed by atoms with Crippen LogP contribution < -0.4 is 10.6 Å². The zero-order chi connectivity index (χ0) is 18.0. The summed E-state index contributed by atoms with van der Waals surface area (Å²) in [5, 5.41) is 5.94. The summed E-state index contributed by atoms with van der Waals surface area (Å²) >= 11 is 0. The molecule has 0 saturated heterocycles. The van der Waals surface area contributed by atoms with Crippen LogP contribution in [0.5, 0.6) is 0 Å². The molecule has 0 radical (unpaired) electrons. The molecule has 0 unspecified atom stereocenters. The molecule has 0 bridgehead atoms. The number of carbonyl (C=O) groups is 3. The minimum atomic E-state index is -0.726. The second-order valence-corrected chi connectivity index (χ2v) is 5.72. The monoisotopic (exact) mass is 335 g/mol. The van der Waals surface area contributed by atoms with Gasteiger partial charge in [0, 0.05) is 42.4 Å². The van der Waals surface area contributed by atoms with Crippen molar-refractivity contribution in [2.24, 2.45) is 7.05 Å². The number of aryl methyl sites for hydroxylation is 1. The van der Waals surface area contributed by atoms with Gasteiger partial charge in [0.1, 0.15) is 0 Å². The van der Waals surface area contributed by atoms with Crippen LogP contribution in [0.25, 0.3) is 10.9 Å². The van der Waals surface area contributed by atoms with Gasteiger partial charge in [-0.05, 0) is 24.3 Å². The number of amides is 2. The zero-order valence-corrected chi connectivity index (χ0v) is 13.9. The molecule has 1 aromatic heterocycles. The molecular formula is C19H17N3O3. The van der Waals surface area contributed by atoms with Gasteiger partial charge in [-0.25, -0.2) is 0 Å². The normalized spacial score (nSPS) is 10.5. The first-order valence-corrected chi connectivity index (χ1v) is 7.73. The lowest BCUT2D eigenvalue weighted by Crippen LogP contribution is -2.22. The summed E-state index contributed by atoms with van der Waals surface area (Å²) in [5.41, 5.74) is 2.22. The van der Waals surface area contributed by atoms with E-state index >= 15 is 0 Å². The third-order valence-corrected chi connectivity index (χ3v) is 3.79. The van der Waals surface area contributed by atoms with E-state index in [1.165, 1.54) is 6.92 Å². The van der Waals surface area contributed by atoms with Gasteiger partial charge in [-0.15, -0.1) is 0 Å². The summed E-state index contributed by atoms with van der Waals surface area (Å²) in [6.07, 6.45) is 1.65. The molecule has 6 heteroatoms. The van der Waals surface area contributed by atoms with Crippen LogP contribution in [0.1, 0.15) is 17.3 Å². The maximum Gasteiger partial charge on any atom is 0.296 e. The lowest BCUT2D eigenvalue weighted by Gasteiger charge is -2.07. The van der Waals surface area contributed by atoms with E-state index in [4.69, 9.17) is 0 Å². The molecule has 0 saturated carbocycles. The third kappa shape index (κ3) is 3.42. The van der Waals surface area contributed by atoms with Crippen LogP contribution in [-0.2, 0) is 16.6 Å². The highest BCUT2D eigenvalue weighted by atomic mass is 16.2. The minimum Gasteiger partial charge on any atom is -0.350 e. The van der Waals surface area contributed by atoms with Gasteiger partial charge in [-0.2, -0.15) is 0 Å². The second-order valence-electron chi connectivity index (χ2n) is 5.72. The highest BCUT2D eigenvalue weighted by Crippen LogP contribution is 2.21. The number of hydrogen-bond acceptors (Lipinski definition) is 3. The number of Topliss-reactive ketones (excluding diaryl/α,β-unsaturated/α-hetero) is 1. The first kappa shape index (κ1) is 16.4. The SMILES string of the molecule is CC(=O)Nc1cccc(NC(=O)C(=O)c2cn(C)c3ccccc23)c1. The van der Waals surface area contributed by atoms with E-state index in [9.17, 15) is 14.4 Å². The highest BCUT2D eigenvalue weighted by Gasteiger charge is 2.21. The first-order chi connectivity index (χ1) is 12.0. The largest absolute Gasteiger partial charge is 0.350 e. The van der Waals surface area contributed by atoms with Crippen LogP contribution in [0, 0.1) is 0 Å². The van der Waals surface area contributed by atoms with Crippen molar-refractivity contribution in [3.05, 3.63) is 60.3 Å². The second kappa shape index (κ2) is 6.60. The van der Waals surface area contributed by atoms with Gasteiger partial charge >= 0.3 is 0 Å². The Bertz CT molecular complexity index is 988. The van der Waals surface area contributed by atoms with Gasteiger partial charge in [-0.3, -0.25) is 14.4 Å². The van der Waals surface area contributed by atoms with E-state index in [0.29, 0.717) is 16.9 Å². The molecule has 0 spiro atoms. The lowest BCUT2D eigenvalue weighted by molar-refractivity contribution is -0.114. The number of carbonyl (C=O) groups excluding carboxylic acids is 3. The number of benzene rings is 2. The maximum atomic E-state index is 12.5. The van der Waals surface area contributed by atoms with Crippen LogP contribution in [-0.4, -0.2) is 22.2 Å². The summed E-state index contributed by atoms with van der Waals surface area (Å²) < 4.78 is 1.81. The van der Waals surface area contributed by atoms with Crippen molar-refractivity contribution < 1.29 is 14.4 Å². The number of para-hydroxylation sites is 1. The highest BCUT2D eigenvalue weighted by molar-refractivity contribution is 6.48. The maximum absolute atomic E-state index is 12.5. The molecule has 1 heterocycles. The predicted molar refractivity (Wildman–Crippen MR) is 96.6 cm³/mol. The molecule has 0 aliphatic rings. The van der Waals surface area contributed by atoms with Crippen molar-refractivity contribution in [3.63, 3.8) is 0 Å². The molecule has 6 nitrogen and oxygen atoms in total. The molecular weight excluding hydrogens is 318 g/mol. The Balaban J connectivity index is 1.83. The quantitative estimate of drug-likeness (QED) is 0.568. The van der Waals surface area contributed by atoms with Crippen LogP contribution in [0.4, 0.5) is 11.4 Å². The Morgan fingerprint density at radius 2 is 1.60 bits per heavy atom. The average molecular weight is 335 g/mol. The number of anilines is 2. The van der Waals surface area contributed by atoms with Gasteiger partial charge in [-0.1, -0.05) is 24.3 Å². The summed E-state index contributed by atoms with van der Waals surface area (Å²) in [6.45, 7) is 1.40. The number of fused-ring (bicyclic) bond motifs is 1. The number of nitrogens with one attached hydrogen (secondary N) is 2. The topological polar surface area (TPSA) is 80.2 Å². The van der Waals surface area contributed by atoms with E-state index in [2.05, 4.69) is 10.6 Å². The Hall–Kier alpha value is -3.41. The van der Waals surface area contributed by atoms with Crippen molar-refractivity contribution >= 4 is 39.9 Å². The smallest absolute Gasteiger partial charge is 0.296 e. The van der Waals surface area contributed by atoms with Crippen LogP contribution in [0.2, 0.25) is 0 Å². The fourth-order valence-corrected chi connectivity index (χ4v) is 2.71. The van der Waals surface area contributed by atoms with Crippen LogP contribution in [0.15, 0.2) is 54.7 Å². The summed E-state index contributed by atoms with van der Waals surface area (Å²) in [6, 6.07) is 14.0. The van der Waals surface area contributed by atoms with E-state index in [1.807, 2.05) is 35.9 Å². The fraction of sp³-hybridized carbons (Fsp3) is 0.105. The molecule has 3 rings (SSSR count). The van der Waals surface area contributed by atoms with Crippen molar-refractivity contribution in [2.45, 2.75) is 6.92 Å². The summed E-state index contributed by atoms with van der Waals surface area (Å²) in [5.74, 6) is -1.55. The van der Waals surface area contributed by atoms with Crippen molar-refractivity contribution in [3.8, 4) is 0 Å². The van der Waals surface area contributed by atoms with E-state index < -0.39 is 11.7 Å². The Morgan fingerprint density at radius 3 is 2.32 bits per heavy atom. The van der Waals surface area contributed by atoms with Gasteiger partial charge in [0.25, 0.3) is 11.7 Å². The molecule has 2 aromatic carbocycles. The molecule has 0 fully saturated rings. The number of ketones is 1. The molecule has 0 aliphatic carbocycles. The number of aromatic nitrogens is 1. The molecule has 2 N–H and O–H groups in total. The Morgan fingerprint density at radius 1 is 0.920 bits per heavy atom. The minimum absolute atomic E-state index is 0.213. The molecule has 0 atom stereocenters. The van der Waals surface area contributed by atoms with E-state index in [0.717, 1.165) is 10.9 Å². The molecule has 3 aromatic rings. The Labute approximate surface area is 144 Å². The van der Waals surface area contributed by atoms with Crippen molar-refractivity contribution in [1.82, 2.24) is 4.57 Å². The zero-order valence-electron chi connectivity index (χ0n) is 13.9.